The van der Waals surface area contributed by atoms with Gasteiger partial charge in [0.25, 0.3) is 5.69 Å². The number of para-hydroxylation sites is 2. The maximum Gasteiger partial charge on any atom is 0.292 e. The van der Waals surface area contributed by atoms with Crippen LogP contribution in [0.2, 0.25) is 0 Å². The number of rotatable bonds is 6. The van der Waals surface area contributed by atoms with E-state index >= 15 is 0 Å². The number of thioether (sulfide) groups is 1. The number of carbonyl (C=O) groups is 1. The number of anilines is 1. The van der Waals surface area contributed by atoms with Crippen LogP contribution in [0.25, 0.3) is 11.4 Å². The molecule has 10 heteroatoms. The van der Waals surface area contributed by atoms with E-state index in [1.807, 2.05) is 0 Å². The van der Waals surface area contributed by atoms with Gasteiger partial charge >= 0.3 is 0 Å². The standard InChI is InChI=1S/C17H15N5O4S/c1-21-16(11-6-8-12(23)9-7-11)19-20-17(21)27-10-15(24)18-13-4-2-3-5-14(13)22(25)26/h2-9,23H,10H2,1H3,(H,18,24). The number of nitro benzene ring substituents is 1. The van der Waals surface area contributed by atoms with Gasteiger partial charge in [0, 0.05) is 18.7 Å². The highest BCUT2D eigenvalue weighted by atomic mass is 32.2. The molecule has 1 heterocycles. The molecule has 0 aliphatic carbocycles. The number of nitrogens with one attached hydrogen (secondary N) is 1. The summed E-state index contributed by atoms with van der Waals surface area (Å²) in [6, 6.07) is 12.5. The normalized spacial score (nSPS) is 10.6. The monoisotopic (exact) mass is 385 g/mol. The lowest BCUT2D eigenvalue weighted by atomic mass is 10.2. The van der Waals surface area contributed by atoms with Crippen LogP contribution in [0.5, 0.6) is 5.75 Å². The third kappa shape index (κ3) is 4.23. The molecule has 0 atom stereocenters. The molecule has 2 N–H and O–H groups in total. The first kappa shape index (κ1) is 18.4. The number of nitro groups is 1. The van der Waals surface area contributed by atoms with Gasteiger partial charge < -0.3 is 15.0 Å². The number of nitrogens with zero attached hydrogens (tertiary/aromatic N) is 4. The molecule has 0 saturated heterocycles. The number of phenols is 1. The van der Waals surface area contributed by atoms with Gasteiger partial charge in [-0.1, -0.05) is 23.9 Å². The SMILES string of the molecule is Cn1c(SCC(=O)Nc2ccccc2[N+](=O)[O-])nnc1-c1ccc(O)cc1. The molecule has 0 bridgehead atoms. The smallest absolute Gasteiger partial charge is 0.292 e. The molecule has 1 amide bonds. The van der Waals surface area contributed by atoms with Crippen molar-refractivity contribution in [2.75, 3.05) is 11.1 Å². The third-order valence-electron chi connectivity index (χ3n) is 3.67. The van der Waals surface area contributed by atoms with Crippen LogP contribution in [-0.2, 0) is 11.8 Å². The van der Waals surface area contributed by atoms with E-state index in [0.29, 0.717) is 11.0 Å². The first-order chi connectivity index (χ1) is 13.0. The van der Waals surface area contributed by atoms with E-state index in [1.165, 1.54) is 30.0 Å². The number of amides is 1. The van der Waals surface area contributed by atoms with Gasteiger partial charge in [-0.3, -0.25) is 14.9 Å². The van der Waals surface area contributed by atoms with Crippen molar-refractivity contribution < 1.29 is 14.8 Å². The molecule has 27 heavy (non-hydrogen) atoms. The van der Waals surface area contributed by atoms with Crippen LogP contribution >= 0.6 is 11.8 Å². The van der Waals surface area contributed by atoms with E-state index in [0.717, 1.165) is 5.56 Å². The molecule has 0 aliphatic heterocycles. The summed E-state index contributed by atoms with van der Waals surface area (Å²) in [6.45, 7) is 0. The lowest BCUT2D eigenvalue weighted by molar-refractivity contribution is -0.383. The van der Waals surface area contributed by atoms with Crippen LogP contribution in [0, 0.1) is 10.1 Å². The second kappa shape index (κ2) is 7.87. The summed E-state index contributed by atoms with van der Waals surface area (Å²) in [6.07, 6.45) is 0. The summed E-state index contributed by atoms with van der Waals surface area (Å²) in [4.78, 5) is 22.6. The number of hydrogen-bond donors (Lipinski definition) is 2. The zero-order chi connectivity index (χ0) is 19.4. The Bertz CT molecular complexity index is 987. The average Bonchev–Trinajstić information content (AvgIpc) is 3.01. The highest BCUT2D eigenvalue weighted by Crippen LogP contribution is 2.26. The number of phenolic OH excluding ortho intramolecular Hbond substituents is 1. The van der Waals surface area contributed by atoms with Crippen LogP contribution in [0.3, 0.4) is 0 Å². The van der Waals surface area contributed by atoms with E-state index in [1.54, 1.807) is 41.9 Å². The Hall–Kier alpha value is -3.40. The summed E-state index contributed by atoms with van der Waals surface area (Å²) < 4.78 is 1.73. The minimum Gasteiger partial charge on any atom is -0.508 e. The highest BCUT2D eigenvalue weighted by Gasteiger charge is 2.16. The van der Waals surface area contributed by atoms with E-state index in [2.05, 4.69) is 15.5 Å². The predicted molar refractivity (Wildman–Crippen MR) is 101 cm³/mol. The number of aromatic hydroxyl groups is 1. The first-order valence-corrected chi connectivity index (χ1v) is 8.79. The molecule has 0 aliphatic rings. The second-order valence-corrected chi connectivity index (χ2v) is 6.47. The van der Waals surface area contributed by atoms with Gasteiger partial charge in [-0.15, -0.1) is 10.2 Å². The quantitative estimate of drug-likeness (QED) is 0.380. The Morgan fingerprint density at radius 1 is 1.22 bits per heavy atom. The van der Waals surface area contributed by atoms with Crippen molar-refractivity contribution in [2.24, 2.45) is 7.05 Å². The minimum atomic E-state index is -0.546. The summed E-state index contributed by atoms with van der Waals surface area (Å²) in [5, 5.41) is 31.6. The van der Waals surface area contributed by atoms with Crippen molar-refractivity contribution in [3.8, 4) is 17.1 Å². The Labute approximate surface area is 158 Å². The van der Waals surface area contributed by atoms with Gasteiger partial charge in [0.15, 0.2) is 11.0 Å². The van der Waals surface area contributed by atoms with E-state index in [-0.39, 0.29) is 28.8 Å². The van der Waals surface area contributed by atoms with Crippen molar-refractivity contribution in [2.45, 2.75) is 5.16 Å². The molecule has 0 radical (unpaired) electrons. The molecular formula is C17H15N5O4S. The molecule has 2 aromatic carbocycles. The van der Waals surface area contributed by atoms with Gasteiger partial charge in [-0.05, 0) is 30.3 Å². The topological polar surface area (TPSA) is 123 Å². The molecular weight excluding hydrogens is 370 g/mol. The maximum atomic E-state index is 12.1. The van der Waals surface area contributed by atoms with Crippen molar-refractivity contribution in [1.29, 1.82) is 0 Å². The van der Waals surface area contributed by atoms with Crippen molar-refractivity contribution in [3.05, 3.63) is 58.6 Å². The van der Waals surface area contributed by atoms with E-state index < -0.39 is 4.92 Å². The molecule has 0 unspecified atom stereocenters. The van der Waals surface area contributed by atoms with Crippen LogP contribution in [0.1, 0.15) is 0 Å². The van der Waals surface area contributed by atoms with Crippen LogP contribution in [0.4, 0.5) is 11.4 Å². The number of benzene rings is 2. The third-order valence-corrected chi connectivity index (χ3v) is 4.69. The lowest BCUT2D eigenvalue weighted by Crippen LogP contribution is -2.15. The van der Waals surface area contributed by atoms with Crippen LogP contribution < -0.4 is 5.32 Å². The van der Waals surface area contributed by atoms with E-state index in [9.17, 15) is 20.0 Å². The average molecular weight is 385 g/mol. The number of carbonyl (C=O) groups excluding carboxylic acids is 1. The summed E-state index contributed by atoms with van der Waals surface area (Å²) >= 11 is 1.17. The summed E-state index contributed by atoms with van der Waals surface area (Å²) in [5.41, 5.74) is 0.763. The zero-order valence-corrected chi connectivity index (χ0v) is 15.0. The zero-order valence-electron chi connectivity index (χ0n) is 14.2. The van der Waals surface area contributed by atoms with Gasteiger partial charge in [-0.2, -0.15) is 0 Å². The Morgan fingerprint density at radius 3 is 2.63 bits per heavy atom. The Balaban J connectivity index is 1.66. The second-order valence-electron chi connectivity index (χ2n) is 5.52. The predicted octanol–water partition coefficient (Wildman–Crippen LogP) is 2.83. The molecule has 3 aromatic rings. The molecule has 1 aromatic heterocycles. The molecule has 0 saturated carbocycles. The maximum absolute atomic E-state index is 12.1. The van der Waals surface area contributed by atoms with E-state index in [4.69, 9.17) is 0 Å². The fourth-order valence-electron chi connectivity index (χ4n) is 2.36. The fourth-order valence-corrected chi connectivity index (χ4v) is 3.07. The first-order valence-electron chi connectivity index (χ1n) is 7.80. The summed E-state index contributed by atoms with van der Waals surface area (Å²) in [5.74, 6) is 0.385. The largest absolute Gasteiger partial charge is 0.508 e. The van der Waals surface area contributed by atoms with Gasteiger partial charge in [0.1, 0.15) is 11.4 Å². The summed E-state index contributed by atoms with van der Waals surface area (Å²) in [7, 11) is 1.77. The lowest BCUT2D eigenvalue weighted by Gasteiger charge is -2.06. The Morgan fingerprint density at radius 2 is 1.93 bits per heavy atom. The minimum absolute atomic E-state index is 0.0214. The van der Waals surface area contributed by atoms with Gasteiger partial charge in [0.2, 0.25) is 5.91 Å². The molecule has 0 fully saturated rings. The van der Waals surface area contributed by atoms with Crippen molar-refractivity contribution >= 4 is 29.0 Å². The molecule has 9 nitrogen and oxygen atoms in total. The number of hydrogen-bond acceptors (Lipinski definition) is 7. The van der Waals surface area contributed by atoms with Crippen molar-refractivity contribution in [1.82, 2.24) is 14.8 Å². The number of aromatic nitrogens is 3. The molecule has 3 rings (SSSR count). The van der Waals surface area contributed by atoms with Gasteiger partial charge in [-0.25, -0.2) is 0 Å². The van der Waals surface area contributed by atoms with Crippen LogP contribution in [-0.4, -0.2) is 36.5 Å². The highest BCUT2D eigenvalue weighted by molar-refractivity contribution is 7.99. The van der Waals surface area contributed by atoms with Gasteiger partial charge in [0.05, 0.1) is 10.7 Å². The fraction of sp³-hybridized carbons (Fsp3) is 0.118. The molecule has 0 spiro atoms. The van der Waals surface area contributed by atoms with Crippen LogP contribution in [0.15, 0.2) is 53.7 Å². The molecule has 138 valence electrons. The van der Waals surface area contributed by atoms with Crippen molar-refractivity contribution in [3.63, 3.8) is 0 Å². The Kier molecular flexibility index (Phi) is 5.36.